The van der Waals surface area contributed by atoms with E-state index in [2.05, 4.69) is 29.4 Å². The van der Waals surface area contributed by atoms with Crippen LogP contribution in [-0.2, 0) is 27.2 Å². The molecule has 7 nitrogen and oxygen atoms in total. The largest absolute Gasteiger partial charge is 0.461 e. The van der Waals surface area contributed by atoms with Gasteiger partial charge in [-0.15, -0.1) is 0 Å². The van der Waals surface area contributed by atoms with E-state index in [9.17, 15) is 14.4 Å². The minimum atomic E-state index is -0.361. The van der Waals surface area contributed by atoms with E-state index in [1.165, 1.54) is 5.56 Å². The Balaban J connectivity index is 1.42. The number of carbonyl (C=O) groups is 3. The average molecular weight is 482 g/mol. The molecule has 0 bridgehead atoms. The quantitative estimate of drug-likeness (QED) is 0.500. The van der Waals surface area contributed by atoms with Gasteiger partial charge < -0.3 is 19.9 Å². The Morgan fingerprint density at radius 2 is 1.80 bits per heavy atom. The van der Waals surface area contributed by atoms with E-state index in [1.807, 2.05) is 36.9 Å². The highest BCUT2D eigenvalue weighted by atomic mass is 16.5. The molecule has 35 heavy (non-hydrogen) atoms. The number of rotatable bonds is 10. The smallest absolute Gasteiger partial charge is 0.355 e. The standard InChI is InChI=1S/C28H39N3O4/c1-5-35-28(34)26-20(3)24(21(4)30-26)13-14-25(32)31-17-15-23(16-18-31)27(33)29-19(2)11-12-22-9-7-6-8-10-22/h6-10,19,23,30H,5,11-18H2,1-4H3,(H,29,33)/t19-/m0/s1. The zero-order chi connectivity index (χ0) is 25.4. The van der Waals surface area contributed by atoms with E-state index < -0.39 is 0 Å². The number of esters is 1. The molecule has 1 aliphatic rings. The highest BCUT2D eigenvalue weighted by Crippen LogP contribution is 2.23. The molecule has 1 aromatic carbocycles. The molecule has 2 heterocycles. The first-order chi connectivity index (χ1) is 16.8. The van der Waals surface area contributed by atoms with Gasteiger partial charge in [0.15, 0.2) is 0 Å². The molecule has 1 saturated heterocycles. The minimum absolute atomic E-state index is 0.0421. The molecule has 2 amide bonds. The van der Waals surface area contributed by atoms with E-state index in [0.29, 0.717) is 51.1 Å². The Bertz CT molecular complexity index is 1010. The molecule has 0 spiro atoms. The number of hydrogen-bond acceptors (Lipinski definition) is 4. The summed E-state index contributed by atoms with van der Waals surface area (Å²) in [4.78, 5) is 42.7. The topological polar surface area (TPSA) is 91.5 Å². The van der Waals surface area contributed by atoms with Crippen molar-refractivity contribution in [1.29, 1.82) is 0 Å². The first kappa shape index (κ1) is 26.5. The van der Waals surface area contributed by atoms with E-state index in [1.54, 1.807) is 6.92 Å². The van der Waals surface area contributed by atoms with Crippen LogP contribution in [0, 0.1) is 19.8 Å². The van der Waals surface area contributed by atoms with Crippen LogP contribution in [0.2, 0.25) is 0 Å². The third-order valence-corrected chi connectivity index (χ3v) is 6.98. The Morgan fingerprint density at radius 1 is 1.11 bits per heavy atom. The lowest BCUT2D eigenvalue weighted by atomic mass is 9.94. The number of hydrogen-bond donors (Lipinski definition) is 2. The summed E-state index contributed by atoms with van der Waals surface area (Å²) in [5, 5.41) is 3.16. The van der Waals surface area contributed by atoms with Crippen LogP contribution in [0.5, 0.6) is 0 Å². The number of aromatic amines is 1. The van der Waals surface area contributed by atoms with Crippen molar-refractivity contribution in [2.24, 2.45) is 5.92 Å². The lowest BCUT2D eigenvalue weighted by Crippen LogP contribution is -2.45. The number of aromatic nitrogens is 1. The van der Waals surface area contributed by atoms with Crippen molar-refractivity contribution >= 4 is 17.8 Å². The number of benzene rings is 1. The van der Waals surface area contributed by atoms with Gasteiger partial charge >= 0.3 is 5.97 Å². The third-order valence-electron chi connectivity index (χ3n) is 6.98. The SMILES string of the molecule is CCOC(=O)c1[nH]c(C)c(CCC(=O)N2CCC(C(=O)N[C@@H](C)CCc3ccccc3)CC2)c1C. The summed E-state index contributed by atoms with van der Waals surface area (Å²) in [5.41, 5.74) is 4.50. The van der Waals surface area contributed by atoms with Gasteiger partial charge in [-0.1, -0.05) is 30.3 Å². The molecule has 1 aromatic heterocycles. The van der Waals surface area contributed by atoms with Gasteiger partial charge in [-0.25, -0.2) is 4.79 Å². The number of carbonyl (C=O) groups excluding carboxylic acids is 3. The summed E-state index contributed by atoms with van der Waals surface area (Å²) >= 11 is 0. The molecule has 1 atom stereocenters. The lowest BCUT2D eigenvalue weighted by Gasteiger charge is -2.32. The molecule has 0 aliphatic carbocycles. The second-order valence-corrected chi connectivity index (χ2v) is 9.54. The first-order valence-corrected chi connectivity index (χ1v) is 12.8. The van der Waals surface area contributed by atoms with Crippen LogP contribution >= 0.6 is 0 Å². The van der Waals surface area contributed by atoms with Crippen molar-refractivity contribution in [1.82, 2.24) is 15.2 Å². The van der Waals surface area contributed by atoms with Crippen molar-refractivity contribution in [3.05, 3.63) is 58.4 Å². The normalized spacial score (nSPS) is 15.0. The van der Waals surface area contributed by atoms with Crippen LogP contribution in [0.25, 0.3) is 0 Å². The number of aryl methyl sites for hydroxylation is 2. The van der Waals surface area contributed by atoms with Crippen molar-refractivity contribution < 1.29 is 19.1 Å². The van der Waals surface area contributed by atoms with Gasteiger partial charge in [-0.2, -0.15) is 0 Å². The first-order valence-electron chi connectivity index (χ1n) is 12.8. The number of H-pyrrole nitrogens is 1. The maximum absolute atomic E-state index is 12.8. The van der Waals surface area contributed by atoms with Crippen LogP contribution in [0.4, 0.5) is 0 Å². The van der Waals surface area contributed by atoms with Crippen molar-refractivity contribution in [2.45, 2.75) is 72.3 Å². The number of likely N-dealkylation sites (tertiary alicyclic amines) is 1. The van der Waals surface area contributed by atoms with E-state index >= 15 is 0 Å². The Morgan fingerprint density at radius 3 is 2.46 bits per heavy atom. The fraction of sp³-hybridized carbons (Fsp3) is 0.536. The maximum Gasteiger partial charge on any atom is 0.355 e. The zero-order valence-corrected chi connectivity index (χ0v) is 21.5. The summed E-state index contributed by atoms with van der Waals surface area (Å²) in [7, 11) is 0. The third kappa shape index (κ3) is 7.20. The highest BCUT2D eigenvalue weighted by Gasteiger charge is 2.28. The van der Waals surface area contributed by atoms with Gasteiger partial charge in [-0.3, -0.25) is 9.59 Å². The van der Waals surface area contributed by atoms with Crippen molar-refractivity contribution in [2.75, 3.05) is 19.7 Å². The van der Waals surface area contributed by atoms with Gasteiger partial charge in [0.05, 0.1) is 6.61 Å². The van der Waals surface area contributed by atoms with Crippen LogP contribution < -0.4 is 5.32 Å². The van der Waals surface area contributed by atoms with Crippen LogP contribution in [-0.4, -0.2) is 53.4 Å². The molecule has 0 unspecified atom stereocenters. The number of ether oxygens (including phenoxy) is 1. The monoisotopic (exact) mass is 481 g/mol. The van der Waals surface area contributed by atoms with Gasteiger partial charge in [0.25, 0.3) is 0 Å². The molecule has 2 N–H and O–H groups in total. The van der Waals surface area contributed by atoms with Gasteiger partial charge in [0.1, 0.15) is 5.69 Å². The number of nitrogens with one attached hydrogen (secondary N) is 2. The molecule has 3 rings (SSSR count). The molecule has 7 heteroatoms. The Labute approximate surface area is 208 Å². The van der Waals surface area contributed by atoms with E-state index in [0.717, 1.165) is 29.7 Å². The molecule has 2 aromatic rings. The number of nitrogens with zero attached hydrogens (tertiary/aromatic N) is 1. The summed E-state index contributed by atoms with van der Waals surface area (Å²) in [6.45, 7) is 9.18. The van der Waals surface area contributed by atoms with Crippen LogP contribution in [0.1, 0.15) is 72.4 Å². The lowest BCUT2D eigenvalue weighted by molar-refractivity contribution is -0.135. The fourth-order valence-electron chi connectivity index (χ4n) is 4.81. The van der Waals surface area contributed by atoms with E-state index in [4.69, 9.17) is 4.74 Å². The molecule has 0 saturated carbocycles. The average Bonchev–Trinajstić information content (AvgIpc) is 3.15. The molecule has 190 valence electrons. The van der Waals surface area contributed by atoms with Crippen LogP contribution in [0.15, 0.2) is 30.3 Å². The van der Waals surface area contributed by atoms with Gasteiger partial charge in [-0.05, 0) is 76.5 Å². The predicted octanol–water partition coefficient (Wildman–Crippen LogP) is 4.12. The molecule has 1 fully saturated rings. The predicted molar refractivity (Wildman–Crippen MR) is 136 cm³/mol. The zero-order valence-electron chi connectivity index (χ0n) is 21.5. The maximum atomic E-state index is 12.8. The summed E-state index contributed by atoms with van der Waals surface area (Å²) in [5.74, 6) is -0.208. The molecular weight excluding hydrogens is 442 g/mol. The second kappa shape index (κ2) is 12.6. The summed E-state index contributed by atoms with van der Waals surface area (Å²) < 4.78 is 5.11. The van der Waals surface area contributed by atoms with Crippen molar-refractivity contribution in [3.8, 4) is 0 Å². The van der Waals surface area contributed by atoms with E-state index in [-0.39, 0.29) is 29.7 Å². The highest BCUT2D eigenvalue weighted by molar-refractivity contribution is 5.90. The van der Waals surface area contributed by atoms with Crippen molar-refractivity contribution in [3.63, 3.8) is 0 Å². The Hall–Kier alpha value is -3.09. The summed E-state index contributed by atoms with van der Waals surface area (Å²) in [6, 6.07) is 10.4. The van der Waals surface area contributed by atoms with Gasteiger partial charge in [0.2, 0.25) is 11.8 Å². The van der Waals surface area contributed by atoms with Gasteiger partial charge in [0, 0.05) is 37.2 Å². The Kier molecular flexibility index (Phi) is 9.52. The number of piperidine rings is 1. The second-order valence-electron chi connectivity index (χ2n) is 9.54. The molecule has 1 aliphatic heterocycles. The minimum Gasteiger partial charge on any atom is -0.461 e. The van der Waals surface area contributed by atoms with Crippen LogP contribution in [0.3, 0.4) is 0 Å². The molecular formula is C28H39N3O4. The molecule has 0 radical (unpaired) electrons. The summed E-state index contributed by atoms with van der Waals surface area (Å²) in [6.07, 6.45) is 4.19. The number of amides is 2. The fourth-order valence-corrected chi connectivity index (χ4v) is 4.81.